The molecule has 0 bridgehead atoms. The number of halogens is 2. The Labute approximate surface area is 128 Å². The summed E-state index contributed by atoms with van der Waals surface area (Å²) in [4.78, 5) is 28.2. The van der Waals surface area contributed by atoms with Gasteiger partial charge in [-0.05, 0) is 12.1 Å². The van der Waals surface area contributed by atoms with Gasteiger partial charge in [-0.15, -0.1) is 5.10 Å². The molecule has 0 aliphatic heterocycles. The molecule has 2 heterocycles. The largest absolute Gasteiger partial charge is 0.350 e. The fourth-order valence-corrected chi connectivity index (χ4v) is 2.33. The highest BCUT2D eigenvalue weighted by Crippen LogP contribution is 2.25. The Kier molecular flexibility index (Phi) is 3.48. The monoisotopic (exact) mass is 322 g/mol. The Morgan fingerprint density at radius 2 is 2.10 bits per heavy atom. The number of aromatic nitrogens is 4. The standard InChI is InChI=1S/C13H8Cl2N4O2/c14-9-3-1-2-8(12(9)15)10(20)7-19-13(21)18-5-4-16-6-11(18)17-19/h1-6H,7H2. The van der Waals surface area contributed by atoms with E-state index in [1.165, 1.54) is 23.0 Å². The van der Waals surface area contributed by atoms with Crippen LogP contribution in [0.25, 0.3) is 5.65 Å². The minimum Gasteiger partial charge on any atom is -0.292 e. The molecule has 6 nitrogen and oxygen atoms in total. The van der Waals surface area contributed by atoms with Crippen LogP contribution in [0.15, 0.2) is 41.6 Å². The zero-order valence-electron chi connectivity index (χ0n) is 10.5. The molecule has 0 atom stereocenters. The van der Waals surface area contributed by atoms with Gasteiger partial charge in [0, 0.05) is 18.0 Å². The van der Waals surface area contributed by atoms with Crippen molar-refractivity contribution in [3.63, 3.8) is 0 Å². The molecule has 0 spiro atoms. The molecule has 106 valence electrons. The number of Topliss-reactive ketones (excluding diaryl/α,β-unsaturated/α-hetero) is 1. The van der Waals surface area contributed by atoms with E-state index in [2.05, 4.69) is 10.1 Å². The number of ketones is 1. The van der Waals surface area contributed by atoms with E-state index in [4.69, 9.17) is 23.2 Å². The van der Waals surface area contributed by atoms with Gasteiger partial charge in [-0.2, -0.15) is 0 Å². The summed E-state index contributed by atoms with van der Waals surface area (Å²) in [7, 11) is 0. The molecule has 0 saturated carbocycles. The summed E-state index contributed by atoms with van der Waals surface area (Å²) < 4.78 is 2.37. The maximum absolute atomic E-state index is 12.2. The van der Waals surface area contributed by atoms with Crippen molar-refractivity contribution in [2.45, 2.75) is 6.54 Å². The second-order valence-electron chi connectivity index (χ2n) is 4.27. The Morgan fingerprint density at radius 3 is 2.86 bits per heavy atom. The molecular formula is C13H8Cl2N4O2. The topological polar surface area (TPSA) is 69.3 Å². The van der Waals surface area contributed by atoms with Gasteiger partial charge < -0.3 is 0 Å². The van der Waals surface area contributed by atoms with Gasteiger partial charge in [0.2, 0.25) is 0 Å². The summed E-state index contributed by atoms with van der Waals surface area (Å²) in [6, 6.07) is 4.76. The Hall–Kier alpha value is -2.18. The molecule has 0 aliphatic carbocycles. The van der Waals surface area contributed by atoms with Crippen molar-refractivity contribution in [2.24, 2.45) is 0 Å². The van der Waals surface area contributed by atoms with Crippen LogP contribution in [-0.2, 0) is 6.54 Å². The van der Waals surface area contributed by atoms with Gasteiger partial charge in [-0.3, -0.25) is 9.78 Å². The number of hydrogen-bond acceptors (Lipinski definition) is 4. The van der Waals surface area contributed by atoms with Crippen LogP contribution in [0.3, 0.4) is 0 Å². The maximum atomic E-state index is 12.2. The molecule has 3 aromatic rings. The van der Waals surface area contributed by atoms with Gasteiger partial charge in [-0.1, -0.05) is 29.3 Å². The van der Waals surface area contributed by atoms with Crippen LogP contribution >= 0.6 is 23.2 Å². The minimum atomic E-state index is -0.418. The molecule has 8 heteroatoms. The van der Waals surface area contributed by atoms with Crippen LogP contribution in [0.5, 0.6) is 0 Å². The molecule has 0 saturated heterocycles. The molecule has 0 unspecified atom stereocenters. The van der Waals surface area contributed by atoms with Crippen LogP contribution in [0.2, 0.25) is 10.0 Å². The molecule has 2 aromatic heterocycles. The number of fused-ring (bicyclic) bond motifs is 1. The van der Waals surface area contributed by atoms with Crippen molar-refractivity contribution >= 4 is 34.6 Å². The Balaban J connectivity index is 1.99. The van der Waals surface area contributed by atoms with Crippen LogP contribution < -0.4 is 5.69 Å². The first-order valence-electron chi connectivity index (χ1n) is 5.94. The molecule has 1 aromatic carbocycles. The number of hydrogen-bond donors (Lipinski definition) is 0. The van der Waals surface area contributed by atoms with E-state index in [-0.39, 0.29) is 27.9 Å². The third kappa shape index (κ3) is 2.43. The minimum absolute atomic E-state index is 0.169. The summed E-state index contributed by atoms with van der Waals surface area (Å²) in [5.41, 5.74) is 0.206. The predicted octanol–water partition coefficient (Wildman–Crippen LogP) is 2.08. The average molecular weight is 323 g/mol. The molecule has 0 aliphatic rings. The quantitative estimate of drug-likeness (QED) is 0.692. The van der Waals surface area contributed by atoms with E-state index < -0.39 is 5.69 Å². The number of carbonyl (C=O) groups is 1. The van der Waals surface area contributed by atoms with Crippen molar-refractivity contribution in [3.05, 3.63) is 62.9 Å². The zero-order valence-corrected chi connectivity index (χ0v) is 12.0. The number of carbonyl (C=O) groups excluding carboxylic acids is 1. The molecule has 3 rings (SSSR count). The lowest BCUT2D eigenvalue weighted by molar-refractivity contribution is 0.0966. The lowest BCUT2D eigenvalue weighted by atomic mass is 10.1. The molecular weight excluding hydrogens is 315 g/mol. The molecule has 21 heavy (non-hydrogen) atoms. The third-order valence-corrected chi connectivity index (χ3v) is 3.75. The summed E-state index contributed by atoms with van der Waals surface area (Å²) >= 11 is 11.9. The second kappa shape index (κ2) is 5.31. The van der Waals surface area contributed by atoms with Crippen molar-refractivity contribution < 1.29 is 4.79 Å². The van der Waals surface area contributed by atoms with Crippen molar-refractivity contribution in [1.29, 1.82) is 0 Å². The van der Waals surface area contributed by atoms with E-state index in [1.54, 1.807) is 18.2 Å². The summed E-state index contributed by atoms with van der Waals surface area (Å²) in [6.45, 7) is -0.222. The third-order valence-electron chi connectivity index (χ3n) is 2.93. The van der Waals surface area contributed by atoms with E-state index in [9.17, 15) is 9.59 Å². The fourth-order valence-electron chi connectivity index (χ4n) is 1.92. The summed E-state index contributed by atoms with van der Waals surface area (Å²) in [6.07, 6.45) is 4.39. The first kappa shape index (κ1) is 13.8. The Bertz CT molecular complexity index is 901. The van der Waals surface area contributed by atoms with E-state index in [0.717, 1.165) is 4.68 Å². The maximum Gasteiger partial charge on any atom is 0.350 e. The molecule has 0 fully saturated rings. The van der Waals surface area contributed by atoms with Crippen LogP contribution in [0.4, 0.5) is 0 Å². The van der Waals surface area contributed by atoms with Crippen LogP contribution in [0.1, 0.15) is 10.4 Å². The SMILES string of the molecule is O=C(Cn1nc2cnccn2c1=O)c1cccc(Cl)c1Cl. The zero-order chi connectivity index (χ0) is 15.0. The van der Waals surface area contributed by atoms with E-state index in [0.29, 0.717) is 5.65 Å². The van der Waals surface area contributed by atoms with Gasteiger partial charge >= 0.3 is 5.69 Å². The van der Waals surface area contributed by atoms with Crippen LogP contribution in [-0.4, -0.2) is 24.9 Å². The summed E-state index contributed by atoms with van der Waals surface area (Å²) in [5, 5.41) is 4.49. The van der Waals surface area contributed by atoms with Crippen LogP contribution in [0, 0.1) is 0 Å². The van der Waals surface area contributed by atoms with E-state index >= 15 is 0 Å². The average Bonchev–Trinajstić information content (AvgIpc) is 2.79. The van der Waals surface area contributed by atoms with Crippen molar-refractivity contribution in [1.82, 2.24) is 19.2 Å². The van der Waals surface area contributed by atoms with Crippen molar-refractivity contribution in [2.75, 3.05) is 0 Å². The number of nitrogens with zero attached hydrogens (tertiary/aromatic N) is 4. The van der Waals surface area contributed by atoms with Crippen molar-refractivity contribution in [3.8, 4) is 0 Å². The fraction of sp³-hybridized carbons (Fsp3) is 0.0769. The first-order chi connectivity index (χ1) is 10.1. The molecule has 0 N–H and O–H groups in total. The smallest absolute Gasteiger partial charge is 0.292 e. The van der Waals surface area contributed by atoms with Gasteiger partial charge in [0.1, 0.15) is 6.54 Å². The number of benzene rings is 1. The van der Waals surface area contributed by atoms with E-state index in [1.807, 2.05) is 0 Å². The second-order valence-corrected chi connectivity index (χ2v) is 5.05. The van der Waals surface area contributed by atoms with Gasteiger partial charge in [0.05, 0.1) is 16.2 Å². The van der Waals surface area contributed by atoms with Gasteiger partial charge in [0.25, 0.3) is 0 Å². The lowest BCUT2D eigenvalue weighted by Gasteiger charge is -2.04. The normalized spacial score (nSPS) is 11.0. The summed E-state index contributed by atoms with van der Waals surface area (Å²) in [5.74, 6) is -0.346. The highest BCUT2D eigenvalue weighted by Gasteiger charge is 2.16. The first-order valence-corrected chi connectivity index (χ1v) is 6.70. The molecule has 0 amide bonds. The Morgan fingerprint density at radius 1 is 1.29 bits per heavy atom. The highest BCUT2D eigenvalue weighted by atomic mass is 35.5. The highest BCUT2D eigenvalue weighted by molar-refractivity contribution is 6.43. The molecule has 0 radical (unpaired) electrons. The lowest BCUT2D eigenvalue weighted by Crippen LogP contribution is -2.25. The van der Waals surface area contributed by atoms with Gasteiger partial charge in [0.15, 0.2) is 11.4 Å². The predicted molar refractivity (Wildman–Crippen MR) is 78.0 cm³/mol. The number of rotatable bonds is 3. The van der Waals surface area contributed by atoms with Gasteiger partial charge in [-0.25, -0.2) is 13.9 Å².